The van der Waals surface area contributed by atoms with Crippen molar-refractivity contribution in [2.75, 3.05) is 18.0 Å². The van der Waals surface area contributed by atoms with Crippen LogP contribution in [0.3, 0.4) is 0 Å². The van der Waals surface area contributed by atoms with E-state index in [2.05, 4.69) is 49.1 Å². The van der Waals surface area contributed by atoms with Crippen LogP contribution in [0.5, 0.6) is 0 Å². The maximum Gasteiger partial charge on any atom is 0.133 e. The predicted molar refractivity (Wildman–Crippen MR) is 87.7 cm³/mol. The van der Waals surface area contributed by atoms with Crippen LogP contribution >= 0.6 is 0 Å². The van der Waals surface area contributed by atoms with Gasteiger partial charge in [-0.25, -0.2) is 4.98 Å². The Kier molecular flexibility index (Phi) is 3.93. The fourth-order valence-electron chi connectivity index (χ4n) is 3.24. The van der Waals surface area contributed by atoms with Crippen molar-refractivity contribution in [2.45, 2.75) is 33.2 Å². The van der Waals surface area contributed by atoms with E-state index in [1.807, 2.05) is 0 Å². The highest BCUT2D eigenvalue weighted by Gasteiger charge is 2.18. The van der Waals surface area contributed by atoms with Gasteiger partial charge in [-0.3, -0.25) is 0 Å². The summed E-state index contributed by atoms with van der Waals surface area (Å²) < 4.78 is 0. The molecule has 0 amide bonds. The number of aryl methyl sites for hydroxylation is 2. The van der Waals surface area contributed by atoms with Crippen molar-refractivity contribution in [3.8, 4) is 0 Å². The van der Waals surface area contributed by atoms with Gasteiger partial charge >= 0.3 is 0 Å². The molecule has 1 aliphatic heterocycles. The van der Waals surface area contributed by atoms with Crippen LogP contribution in [0.25, 0.3) is 0 Å². The van der Waals surface area contributed by atoms with Crippen LogP contribution < -0.4 is 10.6 Å². The first-order chi connectivity index (χ1) is 10.2. The highest BCUT2D eigenvalue weighted by atomic mass is 15.2. The van der Waals surface area contributed by atoms with Gasteiger partial charge in [0.1, 0.15) is 5.82 Å². The number of hydrogen-bond donors (Lipinski definition) is 1. The molecular weight excluding hydrogens is 258 g/mol. The van der Waals surface area contributed by atoms with Gasteiger partial charge in [0.05, 0.1) is 0 Å². The second kappa shape index (κ2) is 5.86. The van der Waals surface area contributed by atoms with Crippen molar-refractivity contribution in [3.63, 3.8) is 0 Å². The Morgan fingerprint density at radius 1 is 1.10 bits per heavy atom. The minimum absolute atomic E-state index is 0.553. The number of hydrogen-bond acceptors (Lipinski definition) is 3. The standard InChI is InChI=1S/C18H23N3/c1-13-11-14(2)20-18(17(13)12-19)21-9-7-15-5-3-4-6-16(15)8-10-21/h3-6,11H,7-10,12,19H2,1-2H3. The predicted octanol–water partition coefficient (Wildman–Crippen LogP) is 2.76. The highest BCUT2D eigenvalue weighted by molar-refractivity contribution is 5.52. The average molecular weight is 281 g/mol. The first-order valence-corrected chi connectivity index (χ1v) is 7.68. The zero-order chi connectivity index (χ0) is 14.8. The Balaban J connectivity index is 1.93. The Morgan fingerprint density at radius 3 is 2.29 bits per heavy atom. The van der Waals surface area contributed by atoms with E-state index in [1.54, 1.807) is 0 Å². The van der Waals surface area contributed by atoms with Crippen LogP contribution in [-0.2, 0) is 19.4 Å². The maximum atomic E-state index is 5.96. The molecule has 0 saturated heterocycles. The monoisotopic (exact) mass is 281 g/mol. The summed E-state index contributed by atoms with van der Waals surface area (Å²) in [7, 11) is 0. The third-order valence-electron chi connectivity index (χ3n) is 4.38. The lowest BCUT2D eigenvalue weighted by molar-refractivity contribution is 0.776. The van der Waals surface area contributed by atoms with Crippen LogP contribution in [-0.4, -0.2) is 18.1 Å². The van der Waals surface area contributed by atoms with Crippen LogP contribution in [0.15, 0.2) is 30.3 Å². The number of rotatable bonds is 2. The minimum Gasteiger partial charge on any atom is -0.356 e. The third kappa shape index (κ3) is 2.79. The van der Waals surface area contributed by atoms with E-state index in [0.29, 0.717) is 6.54 Å². The Labute approximate surface area is 126 Å². The molecule has 21 heavy (non-hydrogen) atoms. The van der Waals surface area contributed by atoms with E-state index in [4.69, 9.17) is 10.7 Å². The molecule has 0 radical (unpaired) electrons. The van der Waals surface area contributed by atoms with Gasteiger partial charge in [0, 0.05) is 30.9 Å². The van der Waals surface area contributed by atoms with Gasteiger partial charge in [0.15, 0.2) is 0 Å². The fourth-order valence-corrected chi connectivity index (χ4v) is 3.24. The molecule has 2 heterocycles. The molecule has 0 spiro atoms. The molecule has 110 valence electrons. The van der Waals surface area contributed by atoms with E-state index in [0.717, 1.165) is 37.4 Å². The summed E-state index contributed by atoms with van der Waals surface area (Å²) in [4.78, 5) is 7.18. The topological polar surface area (TPSA) is 42.1 Å². The smallest absolute Gasteiger partial charge is 0.133 e. The lowest BCUT2D eigenvalue weighted by atomic mass is 10.0. The van der Waals surface area contributed by atoms with Crippen LogP contribution in [0, 0.1) is 13.8 Å². The summed E-state index contributed by atoms with van der Waals surface area (Å²) in [6, 6.07) is 10.9. The maximum absolute atomic E-state index is 5.96. The molecule has 2 N–H and O–H groups in total. The number of nitrogens with zero attached hydrogens (tertiary/aromatic N) is 2. The summed E-state index contributed by atoms with van der Waals surface area (Å²) in [6.07, 6.45) is 2.16. The molecule has 0 aliphatic carbocycles. The molecular formula is C18H23N3. The van der Waals surface area contributed by atoms with Gasteiger partial charge in [-0.1, -0.05) is 24.3 Å². The summed E-state index contributed by atoms with van der Waals surface area (Å²) in [5.74, 6) is 1.09. The number of benzene rings is 1. The zero-order valence-electron chi connectivity index (χ0n) is 12.9. The first kappa shape index (κ1) is 14.1. The van der Waals surface area contributed by atoms with Gasteiger partial charge < -0.3 is 10.6 Å². The minimum atomic E-state index is 0.553. The Bertz CT molecular complexity index is 622. The quantitative estimate of drug-likeness (QED) is 0.920. The molecule has 1 aromatic carbocycles. The molecule has 3 heteroatoms. The van der Waals surface area contributed by atoms with E-state index in [1.165, 1.54) is 22.3 Å². The molecule has 1 aromatic heterocycles. The third-order valence-corrected chi connectivity index (χ3v) is 4.38. The molecule has 0 fully saturated rings. The second-order valence-corrected chi connectivity index (χ2v) is 5.84. The van der Waals surface area contributed by atoms with E-state index in [-0.39, 0.29) is 0 Å². The van der Waals surface area contributed by atoms with Gasteiger partial charge in [-0.05, 0) is 49.4 Å². The number of aromatic nitrogens is 1. The lowest BCUT2D eigenvalue weighted by Gasteiger charge is -2.25. The van der Waals surface area contributed by atoms with Crippen molar-refractivity contribution in [1.82, 2.24) is 4.98 Å². The molecule has 0 bridgehead atoms. The molecule has 0 saturated carbocycles. The van der Waals surface area contributed by atoms with Crippen LogP contribution in [0.1, 0.15) is 27.9 Å². The molecule has 3 rings (SSSR count). The van der Waals surface area contributed by atoms with E-state index in [9.17, 15) is 0 Å². The normalized spacial score (nSPS) is 14.7. The SMILES string of the molecule is Cc1cc(C)c(CN)c(N2CCc3ccccc3CC2)n1. The van der Waals surface area contributed by atoms with Crippen molar-refractivity contribution in [1.29, 1.82) is 0 Å². The summed E-state index contributed by atoms with van der Waals surface area (Å²) in [5.41, 5.74) is 12.4. The van der Waals surface area contributed by atoms with Crippen molar-refractivity contribution in [2.24, 2.45) is 5.73 Å². The number of fused-ring (bicyclic) bond motifs is 1. The van der Waals surface area contributed by atoms with Crippen molar-refractivity contribution >= 4 is 5.82 Å². The molecule has 0 atom stereocenters. The van der Waals surface area contributed by atoms with Gasteiger partial charge in [-0.15, -0.1) is 0 Å². The number of anilines is 1. The lowest BCUT2D eigenvalue weighted by Crippen LogP contribution is -2.29. The van der Waals surface area contributed by atoms with Crippen molar-refractivity contribution < 1.29 is 0 Å². The number of nitrogens with two attached hydrogens (primary N) is 1. The largest absolute Gasteiger partial charge is 0.356 e. The molecule has 2 aromatic rings. The Morgan fingerprint density at radius 2 is 1.71 bits per heavy atom. The molecule has 0 unspecified atom stereocenters. The Hall–Kier alpha value is -1.87. The fraction of sp³-hybridized carbons (Fsp3) is 0.389. The van der Waals surface area contributed by atoms with Crippen molar-refractivity contribution in [3.05, 3.63) is 58.3 Å². The van der Waals surface area contributed by atoms with E-state index < -0.39 is 0 Å². The summed E-state index contributed by atoms with van der Waals surface area (Å²) in [5, 5.41) is 0. The van der Waals surface area contributed by atoms with Crippen LogP contribution in [0.4, 0.5) is 5.82 Å². The second-order valence-electron chi connectivity index (χ2n) is 5.84. The number of pyridine rings is 1. The highest BCUT2D eigenvalue weighted by Crippen LogP contribution is 2.25. The summed E-state index contributed by atoms with van der Waals surface area (Å²) >= 11 is 0. The van der Waals surface area contributed by atoms with Gasteiger partial charge in [0.25, 0.3) is 0 Å². The molecule has 1 aliphatic rings. The van der Waals surface area contributed by atoms with Crippen LogP contribution in [0.2, 0.25) is 0 Å². The van der Waals surface area contributed by atoms with E-state index >= 15 is 0 Å². The first-order valence-electron chi connectivity index (χ1n) is 7.68. The zero-order valence-corrected chi connectivity index (χ0v) is 12.9. The summed E-state index contributed by atoms with van der Waals surface area (Å²) in [6.45, 7) is 6.77. The van der Waals surface area contributed by atoms with Gasteiger partial charge in [-0.2, -0.15) is 0 Å². The van der Waals surface area contributed by atoms with Gasteiger partial charge in [0.2, 0.25) is 0 Å². The average Bonchev–Trinajstić information content (AvgIpc) is 2.69. The molecule has 3 nitrogen and oxygen atoms in total.